The third-order valence-electron chi connectivity index (χ3n) is 4.41. The number of thiazole rings is 1. The molecular formula is C17H19N3O4S. The zero-order valence-corrected chi connectivity index (χ0v) is 14.4. The second-order valence-corrected chi connectivity index (χ2v) is 7.04. The highest BCUT2D eigenvalue weighted by Gasteiger charge is 2.25. The van der Waals surface area contributed by atoms with Gasteiger partial charge in [0, 0.05) is 17.5 Å². The van der Waals surface area contributed by atoms with Gasteiger partial charge in [0.05, 0.1) is 6.10 Å². The number of fused-ring (bicyclic) bond motifs is 1. The minimum atomic E-state index is -0.159. The number of hydrogen-bond acceptors (Lipinski definition) is 7. The molecule has 8 heteroatoms. The molecule has 132 valence electrons. The van der Waals surface area contributed by atoms with Gasteiger partial charge in [-0.1, -0.05) is 0 Å². The molecular weight excluding hydrogens is 342 g/mol. The van der Waals surface area contributed by atoms with Crippen LogP contribution in [0.5, 0.6) is 17.2 Å². The van der Waals surface area contributed by atoms with Gasteiger partial charge in [0.1, 0.15) is 11.4 Å². The zero-order chi connectivity index (χ0) is 17.2. The molecule has 0 spiro atoms. The Labute approximate surface area is 149 Å². The quantitative estimate of drug-likeness (QED) is 0.869. The molecule has 1 saturated carbocycles. The highest BCUT2D eigenvalue weighted by Crippen LogP contribution is 2.36. The SMILES string of the molecule is Nc1nc(C(=O)NC2CCC(Oc3ccc4c(c3)OCO4)CC2)cs1. The van der Waals surface area contributed by atoms with Gasteiger partial charge >= 0.3 is 0 Å². The van der Waals surface area contributed by atoms with Gasteiger partial charge in [-0.25, -0.2) is 4.98 Å². The number of carbonyl (C=O) groups excluding carboxylic acids is 1. The number of hydrogen-bond donors (Lipinski definition) is 2. The summed E-state index contributed by atoms with van der Waals surface area (Å²) >= 11 is 1.27. The van der Waals surface area contributed by atoms with Crippen LogP contribution in [0.25, 0.3) is 0 Å². The van der Waals surface area contributed by atoms with Gasteiger partial charge in [0.2, 0.25) is 6.79 Å². The monoisotopic (exact) mass is 361 g/mol. The number of rotatable bonds is 4. The van der Waals surface area contributed by atoms with E-state index in [1.807, 2.05) is 18.2 Å². The van der Waals surface area contributed by atoms with Crippen LogP contribution in [0.1, 0.15) is 36.2 Å². The second-order valence-electron chi connectivity index (χ2n) is 6.15. The second kappa shape index (κ2) is 6.79. The van der Waals surface area contributed by atoms with Crippen LogP contribution in [-0.4, -0.2) is 29.8 Å². The van der Waals surface area contributed by atoms with Gasteiger partial charge in [-0.15, -0.1) is 11.3 Å². The predicted octanol–water partition coefficient (Wildman–Crippen LogP) is 2.57. The Morgan fingerprint density at radius 2 is 2.04 bits per heavy atom. The van der Waals surface area contributed by atoms with Crippen molar-refractivity contribution in [3.63, 3.8) is 0 Å². The van der Waals surface area contributed by atoms with E-state index >= 15 is 0 Å². The maximum Gasteiger partial charge on any atom is 0.271 e. The van der Waals surface area contributed by atoms with Crippen molar-refractivity contribution in [2.24, 2.45) is 0 Å². The molecule has 2 aromatic rings. The van der Waals surface area contributed by atoms with Gasteiger partial charge in [0.15, 0.2) is 16.6 Å². The largest absolute Gasteiger partial charge is 0.490 e. The molecule has 3 N–H and O–H groups in total. The van der Waals surface area contributed by atoms with E-state index in [0.29, 0.717) is 10.8 Å². The fraction of sp³-hybridized carbons (Fsp3) is 0.412. The molecule has 1 aliphatic carbocycles. The molecule has 0 unspecified atom stereocenters. The van der Waals surface area contributed by atoms with E-state index in [1.54, 1.807) is 5.38 Å². The number of nitrogens with zero attached hydrogens (tertiary/aromatic N) is 1. The summed E-state index contributed by atoms with van der Waals surface area (Å²) in [6.45, 7) is 0.258. The van der Waals surface area contributed by atoms with E-state index in [1.165, 1.54) is 11.3 Å². The average Bonchev–Trinajstić information content (AvgIpc) is 3.25. The summed E-state index contributed by atoms with van der Waals surface area (Å²) in [6, 6.07) is 5.77. The van der Waals surface area contributed by atoms with Crippen LogP contribution >= 0.6 is 11.3 Å². The van der Waals surface area contributed by atoms with Crippen LogP contribution in [-0.2, 0) is 0 Å². The molecule has 2 aliphatic rings. The van der Waals surface area contributed by atoms with Crippen molar-refractivity contribution in [1.29, 1.82) is 0 Å². The van der Waals surface area contributed by atoms with Crippen LogP contribution in [0.4, 0.5) is 5.13 Å². The number of anilines is 1. The minimum Gasteiger partial charge on any atom is -0.490 e. The normalized spacial score (nSPS) is 21.8. The van der Waals surface area contributed by atoms with Crippen LogP contribution in [0.15, 0.2) is 23.6 Å². The lowest BCUT2D eigenvalue weighted by molar-refractivity contribution is 0.0889. The van der Waals surface area contributed by atoms with Gasteiger partial charge in [0.25, 0.3) is 5.91 Å². The molecule has 1 aliphatic heterocycles. The van der Waals surface area contributed by atoms with Crippen LogP contribution in [0, 0.1) is 0 Å². The minimum absolute atomic E-state index is 0.142. The molecule has 1 aromatic carbocycles. The Bertz CT molecular complexity index is 771. The number of carbonyl (C=O) groups is 1. The van der Waals surface area contributed by atoms with Gasteiger partial charge in [-0.3, -0.25) is 4.79 Å². The fourth-order valence-corrected chi connectivity index (χ4v) is 3.66. The highest BCUT2D eigenvalue weighted by molar-refractivity contribution is 7.13. The molecule has 1 aromatic heterocycles. The molecule has 25 heavy (non-hydrogen) atoms. The van der Waals surface area contributed by atoms with Crippen molar-refractivity contribution in [2.45, 2.75) is 37.8 Å². The number of amides is 1. The smallest absolute Gasteiger partial charge is 0.271 e. The van der Waals surface area contributed by atoms with E-state index in [0.717, 1.165) is 42.9 Å². The van der Waals surface area contributed by atoms with Crippen molar-refractivity contribution in [3.05, 3.63) is 29.3 Å². The van der Waals surface area contributed by atoms with Crippen molar-refractivity contribution in [2.75, 3.05) is 12.5 Å². The lowest BCUT2D eigenvalue weighted by Crippen LogP contribution is -2.39. The van der Waals surface area contributed by atoms with Crippen LogP contribution in [0.3, 0.4) is 0 Å². The summed E-state index contributed by atoms with van der Waals surface area (Å²) in [4.78, 5) is 16.1. The first kappa shape index (κ1) is 16.0. The first-order valence-electron chi connectivity index (χ1n) is 8.25. The van der Waals surface area contributed by atoms with E-state index in [2.05, 4.69) is 10.3 Å². The zero-order valence-electron chi connectivity index (χ0n) is 13.6. The number of nitrogens with one attached hydrogen (secondary N) is 1. The van der Waals surface area contributed by atoms with E-state index in [4.69, 9.17) is 19.9 Å². The average molecular weight is 361 g/mol. The third-order valence-corrected chi connectivity index (χ3v) is 5.08. The lowest BCUT2D eigenvalue weighted by atomic mass is 9.93. The molecule has 1 amide bonds. The number of nitrogens with two attached hydrogens (primary N) is 1. The molecule has 0 atom stereocenters. The first-order chi connectivity index (χ1) is 12.2. The molecule has 4 rings (SSSR count). The topological polar surface area (TPSA) is 95.7 Å². The maximum atomic E-state index is 12.1. The number of aromatic nitrogens is 1. The van der Waals surface area contributed by atoms with E-state index < -0.39 is 0 Å². The van der Waals surface area contributed by atoms with Crippen LogP contribution in [0.2, 0.25) is 0 Å². The van der Waals surface area contributed by atoms with E-state index in [-0.39, 0.29) is 24.8 Å². The third kappa shape index (κ3) is 3.63. The number of nitrogen functional groups attached to an aromatic ring is 1. The first-order valence-corrected chi connectivity index (χ1v) is 9.13. The highest BCUT2D eigenvalue weighted by atomic mass is 32.1. The summed E-state index contributed by atoms with van der Waals surface area (Å²) in [5, 5.41) is 5.11. The van der Waals surface area contributed by atoms with Gasteiger partial charge in [-0.05, 0) is 37.8 Å². The van der Waals surface area contributed by atoms with Crippen molar-refractivity contribution < 1.29 is 19.0 Å². The summed E-state index contributed by atoms with van der Waals surface area (Å²) < 4.78 is 16.7. The van der Waals surface area contributed by atoms with E-state index in [9.17, 15) is 4.79 Å². The molecule has 2 heterocycles. The number of ether oxygens (including phenoxy) is 3. The Morgan fingerprint density at radius 1 is 1.24 bits per heavy atom. The van der Waals surface area contributed by atoms with Gasteiger partial charge < -0.3 is 25.3 Å². The Balaban J connectivity index is 1.27. The van der Waals surface area contributed by atoms with Crippen molar-refractivity contribution in [3.8, 4) is 17.2 Å². The fourth-order valence-electron chi connectivity index (χ4n) is 3.12. The summed E-state index contributed by atoms with van der Waals surface area (Å²) in [5.74, 6) is 2.10. The predicted molar refractivity (Wildman–Crippen MR) is 93.2 cm³/mol. The summed E-state index contributed by atoms with van der Waals surface area (Å²) in [7, 11) is 0. The Morgan fingerprint density at radius 3 is 2.80 bits per heavy atom. The van der Waals surface area contributed by atoms with Crippen molar-refractivity contribution in [1.82, 2.24) is 10.3 Å². The molecule has 0 saturated heterocycles. The lowest BCUT2D eigenvalue weighted by Gasteiger charge is -2.29. The Hall–Kier alpha value is -2.48. The summed E-state index contributed by atoms with van der Waals surface area (Å²) in [5.41, 5.74) is 5.96. The standard InChI is InChI=1S/C17H19N3O4S/c18-17-20-13(8-25-17)16(21)19-10-1-3-11(4-2-10)24-12-5-6-14-15(7-12)23-9-22-14/h5-8,10-11H,1-4,9H2,(H2,18,20)(H,19,21). The molecule has 1 fully saturated rings. The summed E-state index contributed by atoms with van der Waals surface area (Å²) in [6.07, 6.45) is 3.67. The maximum absolute atomic E-state index is 12.1. The number of benzene rings is 1. The molecule has 0 radical (unpaired) electrons. The Kier molecular flexibility index (Phi) is 4.35. The molecule has 0 bridgehead atoms. The van der Waals surface area contributed by atoms with Crippen molar-refractivity contribution >= 4 is 22.4 Å². The molecule has 7 nitrogen and oxygen atoms in total. The van der Waals surface area contributed by atoms with Gasteiger partial charge in [-0.2, -0.15) is 0 Å². The van der Waals surface area contributed by atoms with Crippen LogP contribution < -0.4 is 25.3 Å².